The van der Waals surface area contributed by atoms with E-state index in [1.54, 1.807) is 18.2 Å². The molecule has 18 heavy (non-hydrogen) atoms. The normalized spacial score (nSPS) is 17.7. The monoisotopic (exact) mass is 287 g/mol. The van der Waals surface area contributed by atoms with Gasteiger partial charge in [-0.15, -0.1) is 0 Å². The van der Waals surface area contributed by atoms with Gasteiger partial charge in [-0.05, 0) is 43.4 Å². The Morgan fingerprint density at radius 1 is 1.33 bits per heavy atom. The first-order valence-corrected chi connectivity index (χ1v) is 6.71. The molecule has 0 atom stereocenters. The van der Waals surface area contributed by atoms with Crippen LogP contribution in [0.1, 0.15) is 31.2 Å². The molecule has 0 saturated heterocycles. The Morgan fingerprint density at radius 3 is 2.61 bits per heavy atom. The lowest BCUT2D eigenvalue weighted by Gasteiger charge is -2.21. The fourth-order valence-electron chi connectivity index (χ4n) is 2.19. The van der Waals surface area contributed by atoms with E-state index >= 15 is 0 Å². The van der Waals surface area contributed by atoms with E-state index in [0.717, 1.165) is 18.4 Å². The zero-order valence-corrected chi connectivity index (χ0v) is 11.4. The van der Waals surface area contributed by atoms with Gasteiger partial charge in [-0.1, -0.05) is 29.3 Å². The lowest BCUT2D eigenvalue weighted by atomic mass is 10.0. The van der Waals surface area contributed by atoms with Crippen LogP contribution in [0.5, 0.6) is 0 Å². The molecule has 0 aliphatic heterocycles. The molecule has 1 amide bonds. The van der Waals surface area contributed by atoms with Gasteiger partial charge in [0.1, 0.15) is 5.60 Å². The summed E-state index contributed by atoms with van der Waals surface area (Å²) in [5.41, 5.74) is -0.408. The number of hydrogen-bond acceptors (Lipinski definition) is 2. The van der Waals surface area contributed by atoms with E-state index < -0.39 is 5.60 Å². The summed E-state index contributed by atoms with van der Waals surface area (Å²) < 4.78 is 0. The largest absolute Gasteiger partial charge is 0.380 e. The Balaban J connectivity index is 1.97. The summed E-state index contributed by atoms with van der Waals surface area (Å²) in [6.07, 6.45) is 2.86. The summed E-state index contributed by atoms with van der Waals surface area (Å²) in [7, 11) is 0. The van der Waals surface area contributed by atoms with Crippen LogP contribution in [0.15, 0.2) is 18.2 Å². The molecule has 3 nitrogen and oxygen atoms in total. The van der Waals surface area contributed by atoms with Crippen LogP contribution in [-0.2, 0) is 11.3 Å². The van der Waals surface area contributed by atoms with Crippen molar-refractivity contribution < 1.29 is 9.90 Å². The van der Waals surface area contributed by atoms with Crippen molar-refractivity contribution >= 4 is 29.1 Å². The Labute approximate surface area is 116 Å². The first-order valence-electron chi connectivity index (χ1n) is 5.96. The summed E-state index contributed by atoms with van der Waals surface area (Å²) >= 11 is 11.8. The number of amides is 1. The van der Waals surface area contributed by atoms with E-state index in [4.69, 9.17) is 23.2 Å². The van der Waals surface area contributed by atoms with Gasteiger partial charge in [-0.3, -0.25) is 4.79 Å². The van der Waals surface area contributed by atoms with E-state index in [0.29, 0.717) is 29.4 Å². The number of benzene rings is 1. The van der Waals surface area contributed by atoms with Gasteiger partial charge in [-0.2, -0.15) is 0 Å². The fourth-order valence-corrected chi connectivity index (χ4v) is 2.67. The highest BCUT2D eigenvalue weighted by Gasteiger charge is 2.38. The second-order valence-electron chi connectivity index (χ2n) is 4.66. The van der Waals surface area contributed by atoms with E-state index in [-0.39, 0.29) is 5.91 Å². The third kappa shape index (κ3) is 2.97. The summed E-state index contributed by atoms with van der Waals surface area (Å²) in [5.74, 6) is -0.314. The van der Waals surface area contributed by atoms with E-state index in [1.165, 1.54) is 0 Å². The molecule has 1 aliphatic rings. The van der Waals surface area contributed by atoms with Crippen molar-refractivity contribution in [3.8, 4) is 0 Å². The molecule has 1 aliphatic carbocycles. The second-order valence-corrected chi connectivity index (χ2v) is 5.50. The molecule has 0 radical (unpaired) electrons. The third-order valence-corrected chi connectivity index (χ3v) is 3.89. The number of hydrogen-bond donors (Lipinski definition) is 2. The number of rotatable bonds is 3. The van der Waals surface area contributed by atoms with Crippen molar-refractivity contribution in [3.05, 3.63) is 33.8 Å². The standard InChI is InChI=1S/C13H15Cl2NO2/c14-10-4-3-9(11(15)7-10)8-16-12(17)13(18)5-1-2-6-13/h3-4,7,18H,1-2,5-6,8H2,(H,16,17). The molecule has 0 unspecified atom stereocenters. The summed E-state index contributed by atoms with van der Waals surface area (Å²) in [6, 6.07) is 5.12. The molecule has 1 aromatic rings. The minimum absolute atomic E-state index is 0.303. The average molecular weight is 288 g/mol. The van der Waals surface area contributed by atoms with Crippen molar-refractivity contribution in [2.45, 2.75) is 37.8 Å². The predicted molar refractivity (Wildman–Crippen MR) is 71.7 cm³/mol. The van der Waals surface area contributed by atoms with Gasteiger partial charge >= 0.3 is 0 Å². The number of carbonyl (C=O) groups excluding carboxylic acids is 1. The number of nitrogens with one attached hydrogen (secondary N) is 1. The molecular formula is C13H15Cl2NO2. The molecule has 2 N–H and O–H groups in total. The fraction of sp³-hybridized carbons (Fsp3) is 0.462. The topological polar surface area (TPSA) is 49.3 Å². The Bertz CT molecular complexity index is 456. The van der Waals surface area contributed by atoms with E-state index in [2.05, 4.69) is 5.32 Å². The van der Waals surface area contributed by atoms with Crippen LogP contribution in [0.25, 0.3) is 0 Å². The number of halogens is 2. The van der Waals surface area contributed by atoms with Gasteiger partial charge in [-0.25, -0.2) is 0 Å². The van der Waals surface area contributed by atoms with Crippen molar-refractivity contribution in [2.24, 2.45) is 0 Å². The molecule has 1 saturated carbocycles. The first kappa shape index (κ1) is 13.7. The van der Waals surface area contributed by atoms with Gasteiger partial charge < -0.3 is 10.4 Å². The maximum atomic E-state index is 11.9. The highest BCUT2D eigenvalue weighted by Crippen LogP contribution is 2.29. The smallest absolute Gasteiger partial charge is 0.252 e. The van der Waals surface area contributed by atoms with Gasteiger partial charge in [0.05, 0.1) is 0 Å². The lowest BCUT2D eigenvalue weighted by molar-refractivity contribution is -0.139. The average Bonchev–Trinajstić information content (AvgIpc) is 2.76. The van der Waals surface area contributed by atoms with Crippen LogP contribution in [0.3, 0.4) is 0 Å². The summed E-state index contributed by atoms with van der Waals surface area (Å²) in [6.45, 7) is 0.303. The van der Waals surface area contributed by atoms with Crippen LogP contribution in [0, 0.1) is 0 Å². The molecule has 0 heterocycles. The maximum absolute atomic E-state index is 11.9. The Kier molecular flexibility index (Phi) is 4.15. The van der Waals surface area contributed by atoms with Crippen molar-refractivity contribution in [1.82, 2.24) is 5.32 Å². The van der Waals surface area contributed by atoms with Crippen LogP contribution in [0.2, 0.25) is 10.0 Å². The van der Waals surface area contributed by atoms with Gasteiger partial charge in [0.25, 0.3) is 5.91 Å². The minimum atomic E-state index is -1.20. The van der Waals surface area contributed by atoms with Gasteiger partial charge in [0.15, 0.2) is 0 Å². The quantitative estimate of drug-likeness (QED) is 0.898. The van der Waals surface area contributed by atoms with Gasteiger partial charge in [0, 0.05) is 16.6 Å². The Hall–Kier alpha value is -0.770. The van der Waals surface area contributed by atoms with Crippen LogP contribution >= 0.6 is 23.2 Å². The molecular weight excluding hydrogens is 273 g/mol. The lowest BCUT2D eigenvalue weighted by Crippen LogP contribution is -2.44. The molecule has 98 valence electrons. The maximum Gasteiger partial charge on any atom is 0.252 e. The van der Waals surface area contributed by atoms with Crippen molar-refractivity contribution in [1.29, 1.82) is 0 Å². The SMILES string of the molecule is O=C(NCc1ccc(Cl)cc1Cl)C1(O)CCCC1. The Morgan fingerprint density at radius 2 is 2.00 bits per heavy atom. The van der Waals surface area contributed by atoms with Crippen LogP contribution in [0.4, 0.5) is 0 Å². The predicted octanol–water partition coefficient (Wildman–Crippen LogP) is 2.91. The zero-order chi connectivity index (χ0) is 13.2. The molecule has 0 spiro atoms. The molecule has 0 aromatic heterocycles. The van der Waals surface area contributed by atoms with E-state index in [9.17, 15) is 9.90 Å². The first-order chi connectivity index (χ1) is 8.51. The van der Waals surface area contributed by atoms with Crippen LogP contribution in [-0.4, -0.2) is 16.6 Å². The molecule has 0 bridgehead atoms. The zero-order valence-electron chi connectivity index (χ0n) is 9.88. The van der Waals surface area contributed by atoms with Gasteiger partial charge in [0.2, 0.25) is 0 Å². The summed E-state index contributed by atoms with van der Waals surface area (Å²) in [5, 5.41) is 13.9. The third-order valence-electron chi connectivity index (χ3n) is 3.31. The highest BCUT2D eigenvalue weighted by atomic mass is 35.5. The minimum Gasteiger partial charge on any atom is -0.380 e. The number of carbonyl (C=O) groups is 1. The summed E-state index contributed by atoms with van der Waals surface area (Å²) in [4.78, 5) is 11.9. The van der Waals surface area contributed by atoms with Crippen molar-refractivity contribution in [2.75, 3.05) is 0 Å². The van der Waals surface area contributed by atoms with Crippen molar-refractivity contribution in [3.63, 3.8) is 0 Å². The molecule has 2 rings (SSSR count). The molecule has 1 aromatic carbocycles. The van der Waals surface area contributed by atoms with E-state index in [1.807, 2.05) is 0 Å². The molecule has 1 fully saturated rings. The number of aliphatic hydroxyl groups is 1. The van der Waals surface area contributed by atoms with Crippen LogP contribution < -0.4 is 5.32 Å². The second kappa shape index (κ2) is 5.47. The molecule has 5 heteroatoms. The highest BCUT2D eigenvalue weighted by molar-refractivity contribution is 6.35.